The number of piperidine rings is 1. The zero-order valence-corrected chi connectivity index (χ0v) is 15.0. The number of rotatable bonds is 9. The molecule has 1 aromatic rings. The van der Waals surface area contributed by atoms with Crippen molar-refractivity contribution in [1.29, 1.82) is 0 Å². The number of carbonyl (C=O) groups excluding carboxylic acids is 2. The number of hydrogen-bond donors (Lipinski definition) is 2. The summed E-state index contributed by atoms with van der Waals surface area (Å²) < 4.78 is 5.55. The summed E-state index contributed by atoms with van der Waals surface area (Å²) in [6, 6.07) is 9.87. The molecule has 8 nitrogen and oxygen atoms in total. The average molecular weight is 362 g/mol. The summed E-state index contributed by atoms with van der Waals surface area (Å²) in [4.78, 5) is 31.4. The standard InChI is InChI=1S/C18H26N4O4/c1-2-17(23)20-19-13-25-12-16-9-8-15-10-21(16)18(24)22(15)26-11-14-6-4-3-5-7-14/h3-7,15-16,19H,2,8-13H2,1H3,(H,20,23). The predicted octanol–water partition coefficient (Wildman–Crippen LogP) is 1.39. The van der Waals surface area contributed by atoms with E-state index in [1.165, 1.54) is 5.06 Å². The van der Waals surface area contributed by atoms with Crippen LogP contribution in [-0.4, -0.2) is 53.9 Å². The van der Waals surface area contributed by atoms with E-state index in [-0.39, 0.29) is 30.8 Å². The third-order valence-corrected chi connectivity index (χ3v) is 4.69. The Bertz CT molecular complexity index is 612. The van der Waals surface area contributed by atoms with E-state index in [9.17, 15) is 9.59 Å². The molecule has 1 aromatic carbocycles. The van der Waals surface area contributed by atoms with E-state index in [0.717, 1.165) is 18.4 Å². The zero-order valence-electron chi connectivity index (χ0n) is 15.0. The first kappa shape index (κ1) is 18.6. The molecule has 2 saturated heterocycles. The number of amides is 3. The number of nitrogens with one attached hydrogen (secondary N) is 2. The first-order valence-electron chi connectivity index (χ1n) is 9.05. The lowest BCUT2D eigenvalue weighted by atomic mass is 10.0. The number of benzene rings is 1. The molecule has 2 heterocycles. The number of hydrogen-bond acceptors (Lipinski definition) is 5. The topological polar surface area (TPSA) is 83.1 Å². The zero-order chi connectivity index (χ0) is 18.4. The van der Waals surface area contributed by atoms with Crippen LogP contribution in [-0.2, 0) is 21.0 Å². The van der Waals surface area contributed by atoms with E-state index in [1.54, 1.807) is 6.92 Å². The number of hydroxylamine groups is 2. The lowest BCUT2D eigenvalue weighted by Gasteiger charge is -2.30. The fourth-order valence-corrected chi connectivity index (χ4v) is 3.24. The largest absolute Gasteiger partial charge is 0.363 e. The highest BCUT2D eigenvalue weighted by molar-refractivity contribution is 5.77. The summed E-state index contributed by atoms with van der Waals surface area (Å²) in [6.45, 7) is 3.48. The number of nitrogens with zero attached hydrogens (tertiary/aromatic N) is 2. The molecule has 0 radical (unpaired) electrons. The van der Waals surface area contributed by atoms with Crippen LogP contribution in [0.15, 0.2) is 30.3 Å². The van der Waals surface area contributed by atoms with E-state index >= 15 is 0 Å². The van der Waals surface area contributed by atoms with Gasteiger partial charge < -0.3 is 9.64 Å². The first-order chi connectivity index (χ1) is 12.7. The first-order valence-corrected chi connectivity index (χ1v) is 9.05. The average Bonchev–Trinajstić information content (AvgIpc) is 2.93. The number of urea groups is 1. The quantitative estimate of drug-likeness (QED) is 0.394. The molecule has 0 saturated carbocycles. The Morgan fingerprint density at radius 3 is 2.85 bits per heavy atom. The van der Waals surface area contributed by atoms with Gasteiger partial charge >= 0.3 is 6.03 Å². The third kappa shape index (κ3) is 4.51. The Hall–Kier alpha value is -2.16. The van der Waals surface area contributed by atoms with E-state index in [1.807, 2.05) is 35.2 Å². The van der Waals surface area contributed by atoms with Gasteiger partial charge in [0, 0.05) is 13.0 Å². The Morgan fingerprint density at radius 1 is 1.27 bits per heavy atom. The number of ether oxygens (including phenoxy) is 1. The van der Waals surface area contributed by atoms with Crippen LogP contribution in [0.5, 0.6) is 0 Å². The highest BCUT2D eigenvalue weighted by Crippen LogP contribution is 2.30. The van der Waals surface area contributed by atoms with E-state index in [2.05, 4.69) is 10.9 Å². The van der Waals surface area contributed by atoms with Crippen molar-refractivity contribution in [2.75, 3.05) is 19.9 Å². The summed E-state index contributed by atoms with van der Waals surface area (Å²) in [5.74, 6) is -0.0879. The predicted molar refractivity (Wildman–Crippen MR) is 94.4 cm³/mol. The van der Waals surface area contributed by atoms with Crippen molar-refractivity contribution in [2.45, 2.75) is 44.9 Å². The monoisotopic (exact) mass is 362 g/mol. The van der Waals surface area contributed by atoms with E-state index < -0.39 is 0 Å². The van der Waals surface area contributed by atoms with E-state index in [0.29, 0.717) is 26.2 Å². The van der Waals surface area contributed by atoms with Crippen molar-refractivity contribution in [3.8, 4) is 0 Å². The summed E-state index contributed by atoms with van der Waals surface area (Å²) >= 11 is 0. The molecule has 8 heteroatoms. The maximum atomic E-state index is 12.6. The normalized spacial score (nSPS) is 22.0. The van der Waals surface area contributed by atoms with Crippen molar-refractivity contribution in [3.63, 3.8) is 0 Å². The second kappa shape index (κ2) is 8.98. The Morgan fingerprint density at radius 2 is 2.08 bits per heavy atom. The van der Waals surface area contributed by atoms with Gasteiger partial charge in [-0.3, -0.25) is 15.1 Å². The van der Waals surface area contributed by atoms with Crippen molar-refractivity contribution < 1.29 is 19.2 Å². The van der Waals surface area contributed by atoms with Gasteiger partial charge in [-0.05, 0) is 18.4 Å². The molecule has 2 aliphatic rings. The summed E-state index contributed by atoms with van der Waals surface area (Å²) in [5, 5.41) is 1.52. The molecule has 2 unspecified atom stereocenters. The summed E-state index contributed by atoms with van der Waals surface area (Å²) in [6.07, 6.45) is 2.19. The van der Waals surface area contributed by atoms with Crippen LogP contribution in [0.4, 0.5) is 4.79 Å². The lowest BCUT2D eigenvalue weighted by Crippen LogP contribution is -2.44. The van der Waals surface area contributed by atoms with Crippen LogP contribution in [0.25, 0.3) is 0 Å². The van der Waals surface area contributed by atoms with Crippen LogP contribution in [0.3, 0.4) is 0 Å². The van der Waals surface area contributed by atoms with Crippen LogP contribution in [0.2, 0.25) is 0 Å². The molecule has 2 atom stereocenters. The van der Waals surface area contributed by atoms with Gasteiger partial charge in [-0.25, -0.2) is 10.2 Å². The SMILES string of the molecule is CCC(=O)NNCOCC1CCC2CN1C(=O)N2OCc1ccccc1. The van der Waals surface area contributed by atoms with Crippen molar-refractivity contribution in [3.05, 3.63) is 35.9 Å². The molecule has 3 amide bonds. The molecule has 2 aliphatic heterocycles. The molecular weight excluding hydrogens is 336 g/mol. The van der Waals surface area contributed by atoms with Crippen LogP contribution < -0.4 is 10.9 Å². The second-order valence-corrected chi connectivity index (χ2v) is 6.50. The molecular formula is C18H26N4O4. The summed E-state index contributed by atoms with van der Waals surface area (Å²) in [5.41, 5.74) is 6.28. The highest BCUT2D eigenvalue weighted by atomic mass is 16.7. The maximum Gasteiger partial charge on any atom is 0.344 e. The van der Waals surface area contributed by atoms with Crippen LogP contribution >= 0.6 is 0 Å². The highest BCUT2D eigenvalue weighted by Gasteiger charge is 2.45. The number of carbonyl (C=O) groups is 2. The third-order valence-electron chi connectivity index (χ3n) is 4.69. The van der Waals surface area contributed by atoms with Gasteiger partial charge in [0.15, 0.2) is 0 Å². The molecule has 3 rings (SSSR count). The van der Waals surface area contributed by atoms with Gasteiger partial charge in [0.2, 0.25) is 5.91 Å². The second-order valence-electron chi connectivity index (χ2n) is 6.50. The van der Waals surface area contributed by atoms with Gasteiger partial charge in [-0.15, -0.1) is 0 Å². The Labute approximate surface area is 153 Å². The Kier molecular flexibility index (Phi) is 6.43. The van der Waals surface area contributed by atoms with Crippen molar-refractivity contribution in [2.24, 2.45) is 0 Å². The van der Waals surface area contributed by atoms with Gasteiger partial charge in [0.1, 0.15) is 13.3 Å². The minimum Gasteiger partial charge on any atom is -0.363 e. The van der Waals surface area contributed by atoms with Gasteiger partial charge in [0.25, 0.3) is 0 Å². The maximum absolute atomic E-state index is 12.6. The molecule has 142 valence electrons. The lowest BCUT2D eigenvalue weighted by molar-refractivity contribution is -0.140. The van der Waals surface area contributed by atoms with Crippen molar-refractivity contribution in [1.82, 2.24) is 20.8 Å². The Balaban J connectivity index is 1.43. The van der Waals surface area contributed by atoms with Gasteiger partial charge in [-0.1, -0.05) is 37.3 Å². The molecule has 2 N–H and O–H groups in total. The fraction of sp³-hybridized carbons (Fsp3) is 0.556. The molecule has 0 spiro atoms. The minimum atomic E-state index is -0.0933. The minimum absolute atomic E-state index is 0.0350. The van der Waals surface area contributed by atoms with Gasteiger partial charge in [-0.2, -0.15) is 5.06 Å². The number of fused-ring (bicyclic) bond motifs is 2. The van der Waals surface area contributed by atoms with Crippen LogP contribution in [0, 0.1) is 0 Å². The van der Waals surface area contributed by atoms with Crippen molar-refractivity contribution >= 4 is 11.9 Å². The summed E-state index contributed by atoms with van der Waals surface area (Å²) in [7, 11) is 0. The molecule has 2 bridgehead atoms. The smallest absolute Gasteiger partial charge is 0.344 e. The van der Waals surface area contributed by atoms with Crippen LogP contribution in [0.1, 0.15) is 31.7 Å². The van der Waals surface area contributed by atoms with E-state index in [4.69, 9.17) is 9.57 Å². The molecule has 0 aromatic heterocycles. The fourth-order valence-electron chi connectivity index (χ4n) is 3.24. The molecule has 0 aliphatic carbocycles. The van der Waals surface area contributed by atoms with Gasteiger partial charge in [0.05, 0.1) is 18.7 Å². The molecule has 2 fully saturated rings. The molecule has 26 heavy (non-hydrogen) atoms. The number of hydrazine groups is 1.